The van der Waals surface area contributed by atoms with Gasteiger partial charge in [0.05, 0.1) is 11.7 Å². The predicted molar refractivity (Wildman–Crippen MR) is 123 cm³/mol. The van der Waals surface area contributed by atoms with Crippen molar-refractivity contribution < 1.29 is 10.2 Å². The minimum absolute atomic E-state index is 0.0291. The van der Waals surface area contributed by atoms with Crippen molar-refractivity contribution in [1.82, 2.24) is 0 Å². The Morgan fingerprint density at radius 2 is 1.73 bits per heavy atom. The lowest BCUT2D eigenvalue weighted by Gasteiger charge is -2.59. The van der Waals surface area contributed by atoms with Crippen molar-refractivity contribution in [3.8, 4) is 0 Å². The summed E-state index contributed by atoms with van der Waals surface area (Å²) in [5, 5.41) is 21.1. The Bertz CT molecular complexity index is 691. The van der Waals surface area contributed by atoms with E-state index < -0.39 is 5.60 Å². The summed E-state index contributed by atoms with van der Waals surface area (Å²) in [4.78, 5) is 0. The monoisotopic (exact) mass is 414 g/mol. The van der Waals surface area contributed by atoms with Crippen molar-refractivity contribution in [2.24, 2.45) is 46.3 Å². The topological polar surface area (TPSA) is 40.5 Å². The molecule has 0 saturated heterocycles. The average molecular weight is 415 g/mol. The lowest BCUT2D eigenvalue weighted by Crippen LogP contribution is -2.52. The molecule has 9 atom stereocenters. The van der Waals surface area contributed by atoms with E-state index in [1.54, 1.807) is 5.57 Å². The van der Waals surface area contributed by atoms with E-state index >= 15 is 0 Å². The molecule has 2 nitrogen and oxygen atoms in total. The third-order valence-corrected chi connectivity index (χ3v) is 11.2. The van der Waals surface area contributed by atoms with Crippen LogP contribution in [-0.4, -0.2) is 21.9 Å². The van der Waals surface area contributed by atoms with Crippen molar-refractivity contribution >= 4 is 0 Å². The van der Waals surface area contributed by atoms with Gasteiger partial charge in [-0.3, -0.25) is 0 Å². The summed E-state index contributed by atoms with van der Waals surface area (Å²) >= 11 is 0. The Balaban J connectivity index is 1.31. The van der Waals surface area contributed by atoms with E-state index in [2.05, 4.69) is 26.8 Å². The van der Waals surface area contributed by atoms with E-state index in [1.807, 2.05) is 6.92 Å². The van der Waals surface area contributed by atoms with Crippen LogP contribution in [0.3, 0.4) is 0 Å². The largest absolute Gasteiger partial charge is 0.393 e. The molecule has 5 rings (SSSR count). The third kappa shape index (κ3) is 3.43. The summed E-state index contributed by atoms with van der Waals surface area (Å²) in [6.45, 7) is 9.72. The molecular weight excluding hydrogens is 368 g/mol. The summed E-state index contributed by atoms with van der Waals surface area (Å²) in [5.74, 6) is 4.79. The summed E-state index contributed by atoms with van der Waals surface area (Å²) in [6, 6.07) is 0. The Labute approximate surface area is 184 Å². The third-order valence-electron chi connectivity index (χ3n) is 11.2. The molecule has 2 unspecified atom stereocenters. The number of aliphatic hydroxyl groups is 2. The maximum Gasteiger partial charge on any atom is 0.0657 e. The van der Waals surface area contributed by atoms with Gasteiger partial charge in [-0.2, -0.15) is 0 Å². The smallest absolute Gasteiger partial charge is 0.0657 e. The minimum Gasteiger partial charge on any atom is -0.393 e. The second kappa shape index (κ2) is 7.34. The van der Waals surface area contributed by atoms with Gasteiger partial charge in [-0.1, -0.05) is 32.4 Å². The first-order valence-corrected chi connectivity index (χ1v) is 13.2. The molecule has 5 aliphatic rings. The van der Waals surface area contributed by atoms with Crippen LogP contribution in [0.1, 0.15) is 105 Å². The number of allylic oxidation sites excluding steroid dienone is 1. The molecule has 4 saturated carbocycles. The molecule has 0 aromatic heterocycles. The lowest BCUT2D eigenvalue weighted by atomic mass is 9.46. The van der Waals surface area contributed by atoms with Crippen LogP contribution < -0.4 is 0 Å². The van der Waals surface area contributed by atoms with Crippen LogP contribution in [0.5, 0.6) is 0 Å². The molecule has 5 aliphatic carbocycles. The van der Waals surface area contributed by atoms with Crippen molar-refractivity contribution in [2.45, 2.75) is 116 Å². The van der Waals surface area contributed by atoms with E-state index in [9.17, 15) is 10.2 Å². The zero-order valence-electron chi connectivity index (χ0n) is 20.0. The zero-order valence-corrected chi connectivity index (χ0v) is 20.0. The molecule has 30 heavy (non-hydrogen) atoms. The molecule has 2 N–H and O–H groups in total. The second-order valence-electron chi connectivity index (χ2n) is 13.1. The van der Waals surface area contributed by atoms with Crippen LogP contribution in [0.25, 0.3) is 0 Å². The highest BCUT2D eigenvalue weighted by Crippen LogP contribution is 2.67. The molecule has 4 fully saturated rings. The quantitative estimate of drug-likeness (QED) is 0.504. The Morgan fingerprint density at radius 1 is 0.967 bits per heavy atom. The summed E-state index contributed by atoms with van der Waals surface area (Å²) in [7, 11) is 0. The van der Waals surface area contributed by atoms with Crippen molar-refractivity contribution in [3.63, 3.8) is 0 Å². The molecule has 0 heterocycles. The summed E-state index contributed by atoms with van der Waals surface area (Å²) in [5.41, 5.74) is 1.94. The highest BCUT2D eigenvalue weighted by molar-refractivity contribution is 5.26. The number of hydrogen-bond donors (Lipinski definition) is 2. The molecule has 170 valence electrons. The molecule has 0 aliphatic heterocycles. The first-order valence-electron chi connectivity index (χ1n) is 13.2. The SMILES string of the molecule is C[C@H](CCC(O)C1CC1)C1CC[C@H]2[C@@H]3CC=C4C[C@@](C)(O)CC[C@]4(C)[C@H]3CC[C@]12C. The fourth-order valence-electron chi connectivity index (χ4n) is 9.13. The van der Waals surface area contributed by atoms with Gasteiger partial charge in [-0.05, 0) is 130 Å². The fourth-order valence-corrected chi connectivity index (χ4v) is 9.13. The highest BCUT2D eigenvalue weighted by Gasteiger charge is 2.59. The zero-order chi connectivity index (χ0) is 21.3. The highest BCUT2D eigenvalue weighted by atomic mass is 16.3. The molecule has 0 spiro atoms. The molecule has 0 aromatic rings. The second-order valence-corrected chi connectivity index (χ2v) is 13.1. The Morgan fingerprint density at radius 3 is 2.47 bits per heavy atom. The standard InChI is InChI=1S/C28H46O2/c1-18(5-12-25(29)19-6-7-19)22-10-11-23-21-9-8-20-17-26(2,30)15-16-27(20,3)24(21)13-14-28(22,23)4/h8,18-19,21-25,29-30H,5-7,9-17H2,1-4H3/t18-,21+,22?,23+,24+,25?,26+,27+,28-/m1/s1. The van der Waals surface area contributed by atoms with Crippen LogP contribution in [0.2, 0.25) is 0 Å². The van der Waals surface area contributed by atoms with E-state index in [0.29, 0.717) is 16.7 Å². The average Bonchev–Trinajstić information content (AvgIpc) is 3.48. The van der Waals surface area contributed by atoms with Crippen molar-refractivity contribution in [2.75, 3.05) is 0 Å². The number of rotatable bonds is 5. The van der Waals surface area contributed by atoms with Gasteiger partial charge < -0.3 is 10.2 Å². The van der Waals surface area contributed by atoms with Crippen LogP contribution in [-0.2, 0) is 0 Å². The van der Waals surface area contributed by atoms with Crippen LogP contribution in [0.15, 0.2) is 11.6 Å². The normalized spacial score (nSPS) is 50.1. The Kier molecular flexibility index (Phi) is 5.26. The molecular formula is C28H46O2. The molecule has 0 aromatic carbocycles. The molecule has 0 radical (unpaired) electrons. The predicted octanol–water partition coefficient (Wildman–Crippen LogP) is 6.50. The van der Waals surface area contributed by atoms with Gasteiger partial charge in [0.2, 0.25) is 0 Å². The minimum atomic E-state index is -0.486. The van der Waals surface area contributed by atoms with Crippen molar-refractivity contribution in [3.05, 3.63) is 11.6 Å². The van der Waals surface area contributed by atoms with Gasteiger partial charge in [-0.15, -0.1) is 0 Å². The van der Waals surface area contributed by atoms with Gasteiger partial charge in [-0.25, -0.2) is 0 Å². The molecule has 2 heteroatoms. The Hall–Kier alpha value is -0.340. The van der Waals surface area contributed by atoms with Crippen LogP contribution >= 0.6 is 0 Å². The van der Waals surface area contributed by atoms with Gasteiger partial charge in [0.15, 0.2) is 0 Å². The first kappa shape index (κ1) is 21.5. The number of fused-ring (bicyclic) bond motifs is 5. The first-order chi connectivity index (χ1) is 14.1. The van der Waals surface area contributed by atoms with Crippen LogP contribution in [0, 0.1) is 46.3 Å². The van der Waals surface area contributed by atoms with E-state index in [-0.39, 0.29) is 6.10 Å². The van der Waals surface area contributed by atoms with Gasteiger partial charge >= 0.3 is 0 Å². The van der Waals surface area contributed by atoms with E-state index in [0.717, 1.165) is 48.9 Å². The molecule has 0 amide bonds. The van der Waals surface area contributed by atoms with Gasteiger partial charge in [0.1, 0.15) is 0 Å². The molecule has 0 bridgehead atoms. The number of hydrogen-bond acceptors (Lipinski definition) is 2. The summed E-state index contributed by atoms with van der Waals surface area (Å²) in [6.07, 6.45) is 17.2. The van der Waals surface area contributed by atoms with Gasteiger partial charge in [0.25, 0.3) is 0 Å². The van der Waals surface area contributed by atoms with E-state index in [4.69, 9.17) is 0 Å². The fraction of sp³-hybridized carbons (Fsp3) is 0.929. The number of aliphatic hydroxyl groups excluding tert-OH is 1. The summed E-state index contributed by atoms with van der Waals surface area (Å²) < 4.78 is 0. The van der Waals surface area contributed by atoms with Gasteiger partial charge in [0, 0.05) is 0 Å². The van der Waals surface area contributed by atoms with E-state index in [1.165, 1.54) is 57.8 Å². The van der Waals surface area contributed by atoms with Crippen molar-refractivity contribution in [1.29, 1.82) is 0 Å². The maximum atomic E-state index is 10.7. The maximum absolute atomic E-state index is 10.7. The lowest BCUT2D eigenvalue weighted by molar-refractivity contribution is -0.0709. The van der Waals surface area contributed by atoms with Crippen LogP contribution in [0.4, 0.5) is 0 Å².